The van der Waals surface area contributed by atoms with E-state index >= 15 is 0 Å². The summed E-state index contributed by atoms with van der Waals surface area (Å²) in [5.41, 5.74) is 1.92. The average molecular weight is 278 g/mol. The van der Waals surface area contributed by atoms with E-state index in [1.807, 2.05) is 24.3 Å². The van der Waals surface area contributed by atoms with E-state index in [1.165, 1.54) is 17.8 Å². The minimum Gasteiger partial charge on any atom is -0.354 e. The number of benzene rings is 2. The van der Waals surface area contributed by atoms with Crippen LogP contribution in [0.25, 0.3) is 0 Å². The Hall–Kier alpha value is -1.50. The molecule has 0 radical (unpaired) electrons. The zero-order valence-corrected chi connectivity index (χ0v) is 10.9. The van der Waals surface area contributed by atoms with E-state index in [2.05, 4.69) is 5.32 Å². The number of fused-ring (bicyclic) bond motifs is 2. The third-order valence-corrected chi connectivity index (χ3v) is 4.70. The lowest BCUT2D eigenvalue weighted by atomic mass is 10.2. The van der Waals surface area contributed by atoms with E-state index in [-0.39, 0.29) is 4.90 Å². The van der Waals surface area contributed by atoms with Crippen molar-refractivity contribution in [3.8, 4) is 0 Å². The number of sulfonamides is 1. The number of hydrogen-bond donors (Lipinski definition) is 2. The summed E-state index contributed by atoms with van der Waals surface area (Å²) in [7, 11) is -3.65. The third-order valence-electron chi connectivity index (χ3n) is 2.66. The van der Waals surface area contributed by atoms with Crippen LogP contribution in [-0.4, -0.2) is 8.42 Å². The molecule has 6 heteroatoms. The van der Waals surface area contributed by atoms with E-state index in [4.69, 9.17) is 5.14 Å². The largest absolute Gasteiger partial charge is 0.354 e. The second-order valence-corrected chi connectivity index (χ2v) is 6.57. The summed E-state index contributed by atoms with van der Waals surface area (Å²) in [5, 5.41) is 8.39. The van der Waals surface area contributed by atoms with Gasteiger partial charge in [0.15, 0.2) is 0 Å². The van der Waals surface area contributed by atoms with Crippen molar-refractivity contribution in [1.82, 2.24) is 0 Å². The van der Waals surface area contributed by atoms with Crippen molar-refractivity contribution in [3.05, 3.63) is 42.5 Å². The normalized spacial score (nSPS) is 13.4. The highest BCUT2D eigenvalue weighted by atomic mass is 32.2. The number of anilines is 2. The van der Waals surface area contributed by atoms with Gasteiger partial charge in [0.2, 0.25) is 10.0 Å². The lowest BCUT2D eigenvalue weighted by molar-refractivity contribution is 0.597. The van der Waals surface area contributed by atoms with E-state index in [0.717, 1.165) is 21.2 Å². The third kappa shape index (κ3) is 1.98. The Balaban J connectivity index is 2.09. The van der Waals surface area contributed by atoms with Gasteiger partial charge in [0.1, 0.15) is 0 Å². The predicted molar refractivity (Wildman–Crippen MR) is 71.7 cm³/mol. The number of nitrogens with one attached hydrogen (secondary N) is 1. The molecule has 2 aromatic carbocycles. The van der Waals surface area contributed by atoms with Gasteiger partial charge in [-0.3, -0.25) is 0 Å². The Bertz CT molecular complexity index is 727. The maximum atomic E-state index is 11.3. The van der Waals surface area contributed by atoms with E-state index in [0.29, 0.717) is 0 Å². The van der Waals surface area contributed by atoms with Gasteiger partial charge in [0.25, 0.3) is 0 Å². The molecule has 3 N–H and O–H groups in total. The molecule has 0 fully saturated rings. The number of para-hydroxylation sites is 1. The highest BCUT2D eigenvalue weighted by Crippen LogP contribution is 2.44. The summed E-state index contributed by atoms with van der Waals surface area (Å²) >= 11 is 1.53. The summed E-state index contributed by atoms with van der Waals surface area (Å²) in [6.07, 6.45) is 0. The lowest BCUT2D eigenvalue weighted by Gasteiger charge is -2.20. The monoisotopic (exact) mass is 278 g/mol. The second-order valence-electron chi connectivity index (χ2n) is 3.93. The highest BCUT2D eigenvalue weighted by molar-refractivity contribution is 7.99. The molecule has 0 saturated carbocycles. The van der Waals surface area contributed by atoms with Crippen LogP contribution in [0.4, 0.5) is 11.4 Å². The fourth-order valence-corrected chi connectivity index (χ4v) is 3.43. The Morgan fingerprint density at radius 1 is 1.00 bits per heavy atom. The van der Waals surface area contributed by atoms with Gasteiger partial charge >= 0.3 is 0 Å². The molecule has 0 bridgehead atoms. The molecular formula is C12H10N2O2S2. The number of primary sulfonamides is 1. The molecule has 92 valence electrons. The summed E-state index contributed by atoms with van der Waals surface area (Å²) in [6, 6.07) is 12.7. The van der Waals surface area contributed by atoms with Crippen LogP contribution in [0.5, 0.6) is 0 Å². The fraction of sp³-hybridized carbons (Fsp3) is 0. The molecule has 3 rings (SSSR count). The zero-order chi connectivity index (χ0) is 12.8. The lowest BCUT2D eigenvalue weighted by Crippen LogP contribution is -2.12. The van der Waals surface area contributed by atoms with Crippen LogP contribution >= 0.6 is 11.8 Å². The van der Waals surface area contributed by atoms with Gasteiger partial charge in [-0.2, -0.15) is 0 Å². The zero-order valence-electron chi connectivity index (χ0n) is 9.25. The fourth-order valence-electron chi connectivity index (χ4n) is 1.79. The van der Waals surface area contributed by atoms with Crippen molar-refractivity contribution in [2.45, 2.75) is 14.7 Å². The molecule has 0 saturated heterocycles. The Kier molecular flexibility index (Phi) is 2.58. The summed E-state index contributed by atoms with van der Waals surface area (Å²) in [5.74, 6) is 0. The Morgan fingerprint density at radius 3 is 2.50 bits per heavy atom. The quantitative estimate of drug-likeness (QED) is 0.717. The average Bonchev–Trinajstić information content (AvgIpc) is 2.34. The second kappa shape index (κ2) is 4.01. The first kappa shape index (κ1) is 11.6. The molecule has 1 aliphatic rings. The molecule has 1 aliphatic heterocycles. The molecule has 0 aliphatic carbocycles. The van der Waals surface area contributed by atoms with Crippen LogP contribution in [0.1, 0.15) is 0 Å². The van der Waals surface area contributed by atoms with Crippen molar-refractivity contribution in [2.75, 3.05) is 5.32 Å². The molecule has 0 atom stereocenters. The van der Waals surface area contributed by atoms with E-state index < -0.39 is 10.0 Å². The summed E-state index contributed by atoms with van der Waals surface area (Å²) in [4.78, 5) is 2.06. The van der Waals surface area contributed by atoms with Crippen LogP contribution in [0.3, 0.4) is 0 Å². The Morgan fingerprint density at radius 2 is 1.72 bits per heavy atom. The van der Waals surface area contributed by atoms with Gasteiger partial charge in [0, 0.05) is 9.79 Å². The SMILES string of the molecule is NS(=O)(=O)c1ccc2c(c1)Sc1ccccc1N2. The molecule has 0 amide bonds. The van der Waals surface area contributed by atoms with Gasteiger partial charge < -0.3 is 5.32 Å². The standard InChI is InChI=1S/C12H10N2O2S2/c13-18(15,16)8-5-6-10-12(7-8)17-11-4-2-1-3-9(11)14-10/h1-7,14H,(H2,13,15,16). The van der Waals surface area contributed by atoms with Crippen molar-refractivity contribution in [3.63, 3.8) is 0 Å². The smallest absolute Gasteiger partial charge is 0.238 e. The number of nitrogens with two attached hydrogens (primary N) is 1. The molecular weight excluding hydrogens is 268 g/mol. The summed E-state index contributed by atoms with van der Waals surface area (Å²) < 4.78 is 22.6. The number of hydrogen-bond acceptors (Lipinski definition) is 4. The molecule has 0 aromatic heterocycles. The van der Waals surface area contributed by atoms with Crippen LogP contribution in [0.2, 0.25) is 0 Å². The van der Waals surface area contributed by atoms with Gasteiger partial charge in [-0.25, -0.2) is 13.6 Å². The molecule has 2 aromatic rings. The van der Waals surface area contributed by atoms with Gasteiger partial charge in [-0.05, 0) is 30.3 Å². The Labute approximate surface area is 109 Å². The van der Waals surface area contributed by atoms with Crippen molar-refractivity contribution in [1.29, 1.82) is 0 Å². The summed E-state index contributed by atoms with van der Waals surface area (Å²) in [6.45, 7) is 0. The molecule has 0 spiro atoms. The van der Waals surface area contributed by atoms with Crippen LogP contribution in [-0.2, 0) is 10.0 Å². The van der Waals surface area contributed by atoms with Crippen molar-refractivity contribution in [2.24, 2.45) is 5.14 Å². The van der Waals surface area contributed by atoms with Gasteiger partial charge in [-0.1, -0.05) is 23.9 Å². The first-order valence-electron chi connectivity index (χ1n) is 5.25. The number of rotatable bonds is 1. The minimum absolute atomic E-state index is 0.134. The van der Waals surface area contributed by atoms with Crippen LogP contribution in [0, 0.1) is 0 Å². The van der Waals surface area contributed by atoms with E-state index in [1.54, 1.807) is 12.1 Å². The molecule has 1 heterocycles. The van der Waals surface area contributed by atoms with Gasteiger partial charge in [0.05, 0.1) is 16.3 Å². The predicted octanol–water partition coefficient (Wildman–Crippen LogP) is 2.54. The van der Waals surface area contributed by atoms with Crippen molar-refractivity contribution >= 4 is 33.2 Å². The van der Waals surface area contributed by atoms with Crippen LogP contribution < -0.4 is 10.5 Å². The van der Waals surface area contributed by atoms with Crippen molar-refractivity contribution < 1.29 is 8.42 Å². The highest BCUT2D eigenvalue weighted by Gasteiger charge is 2.17. The molecule has 4 nitrogen and oxygen atoms in total. The first-order chi connectivity index (χ1) is 8.54. The van der Waals surface area contributed by atoms with Gasteiger partial charge in [-0.15, -0.1) is 0 Å². The minimum atomic E-state index is -3.65. The molecule has 18 heavy (non-hydrogen) atoms. The van der Waals surface area contributed by atoms with Crippen LogP contribution in [0.15, 0.2) is 57.2 Å². The topological polar surface area (TPSA) is 72.2 Å². The first-order valence-corrected chi connectivity index (χ1v) is 7.61. The maximum Gasteiger partial charge on any atom is 0.238 e. The maximum absolute atomic E-state index is 11.3. The molecule has 0 unspecified atom stereocenters. The van der Waals surface area contributed by atoms with E-state index in [9.17, 15) is 8.42 Å².